The number of aliphatic hydroxyl groups is 1. The largest absolute Gasteiger partial charge is 0.465 e. The second-order valence-corrected chi connectivity index (χ2v) is 8.03. The van der Waals surface area contributed by atoms with Crippen LogP contribution in [-0.4, -0.2) is 47.4 Å². The molecule has 1 aliphatic rings. The van der Waals surface area contributed by atoms with E-state index >= 15 is 0 Å². The minimum atomic E-state index is -0.432. The molecule has 3 aromatic rings. The number of imidazole rings is 1. The number of aliphatic hydroxyl groups excluding tert-OH is 1. The van der Waals surface area contributed by atoms with Crippen LogP contribution in [0, 0.1) is 5.92 Å². The first-order chi connectivity index (χ1) is 13.6. The maximum absolute atomic E-state index is 12.5. The van der Waals surface area contributed by atoms with Gasteiger partial charge in [0.05, 0.1) is 35.0 Å². The summed E-state index contributed by atoms with van der Waals surface area (Å²) in [7, 11) is 1.37. The molecule has 1 aliphatic heterocycles. The van der Waals surface area contributed by atoms with Gasteiger partial charge in [0, 0.05) is 32.2 Å². The fourth-order valence-corrected chi connectivity index (χ4v) is 5.03. The number of nitrogens with two attached hydrogens (primary N) is 1. The Morgan fingerprint density at radius 1 is 1.46 bits per heavy atom. The number of thiophene rings is 1. The standard InChI is InChI=1S/C20H24N4O3S/c1-3-23-11-22-14-8-13(4-5-15(14)23)18-17(21)16(20(26)27-2)19(28-18)24-7-6-12(9-24)10-25/h4-5,8,11-12,25H,3,6-7,9-10,21H2,1-2H3/t12-/m0/s1. The summed E-state index contributed by atoms with van der Waals surface area (Å²) in [5, 5.41) is 10.3. The van der Waals surface area contributed by atoms with Gasteiger partial charge in [-0.15, -0.1) is 11.3 Å². The molecule has 2 aromatic heterocycles. The summed E-state index contributed by atoms with van der Waals surface area (Å²) < 4.78 is 7.09. The Morgan fingerprint density at radius 3 is 2.96 bits per heavy atom. The molecule has 28 heavy (non-hydrogen) atoms. The van der Waals surface area contributed by atoms with E-state index in [2.05, 4.69) is 21.4 Å². The van der Waals surface area contributed by atoms with Crippen molar-refractivity contribution in [2.75, 3.05) is 37.4 Å². The number of methoxy groups -OCH3 is 1. The summed E-state index contributed by atoms with van der Waals surface area (Å²) in [5.41, 5.74) is 10.2. The smallest absolute Gasteiger partial charge is 0.343 e. The highest BCUT2D eigenvalue weighted by Gasteiger charge is 2.31. The van der Waals surface area contributed by atoms with E-state index in [9.17, 15) is 9.90 Å². The molecule has 3 N–H and O–H groups in total. The van der Waals surface area contributed by atoms with Crippen LogP contribution in [0.3, 0.4) is 0 Å². The van der Waals surface area contributed by atoms with Gasteiger partial charge in [-0.25, -0.2) is 9.78 Å². The maximum atomic E-state index is 12.5. The number of aryl methyl sites for hydroxylation is 1. The van der Waals surface area contributed by atoms with Crippen LogP contribution in [0.1, 0.15) is 23.7 Å². The molecule has 1 aromatic carbocycles. The summed E-state index contributed by atoms with van der Waals surface area (Å²) in [6, 6.07) is 6.06. The fraction of sp³-hybridized carbons (Fsp3) is 0.400. The number of nitrogens with zero attached hydrogens (tertiary/aromatic N) is 3. The summed E-state index contributed by atoms with van der Waals surface area (Å²) in [5.74, 6) is -0.217. The van der Waals surface area contributed by atoms with Crippen LogP contribution in [0.5, 0.6) is 0 Å². The average molecular weight is 401 g/mol. The van der Waals surface area contributed by atoms with Gasteiger partial charge in [-0.3, -0.25) is 0 Å². The number of ether oxygens (including phenoxy) is 1. The van der Waals surface area contributed by atoms with Crippen LogP contribution >= 0.6 is 11.3 Å². The number of aromatic nitrogens is 2. The van der Waals surface area contributed by atoms with Crippen LogP contribution in [0.2, 0.25) is 0 Å². The zero-order valence-electron chi connectivity index (χ0n) is 16.0. The van der Waals surface area contributed by atoms with E-state index in [0.717, 1.165) is 46.0 Å². The van der Waals surface area contributed by atoms with Gasteiger partial charge >= 0.3 is 5.97 Å². The van der Waals surface area contributed by atoms with Gasteiger partial charge in [-0.05, 0) is 31.0 Å². The van der Waals surface area contributed by atoms with E-state index in [4.69, 9.17) is 10.5 Å². The van der Waals surface area contributed by atoms with Crippen molar-refractivity contribution in [3.63, 3.8) is 0 Å². The van der Waals surface area contributed by atoms with E-state index in [0.29, 0.717) is 17.8 Å². The molecule has 0 spiro atoms. The highest BCUT2D eigenvalue weighted by Crippen LogP contribution is 2.46. The number of carbonyl (C=O) groups is 1. The van der Waals surface area contributed by atoms with Crippen LogP contribution in [0.15, 0.2) is 24.5 Å². The topological polar surface area (TPSA) is 93.6 Å². The normalized spacial score (nSPS) is 16.8. The van der Waals surface area contributed by atoms with Crippen molar-refractivity contribution in [2.24, 2.45) is 5.92 Å². The summed E-state index contributed by atoms with van der Waals surface area (Å²) >= 11 is 1.50. The van der Waals surface area contributed by atoms with Gasteiger partial charge in [0.15, 0.2) is 0 Å². The van der Waals surface area contributed by atoms with Crippen LogP contribution < -0.4 is 10.6 Å². The second kappa shape index (κ2) is 7.44. The maximum Gasteiger partial charge on any atom is 0.343 e. The number of hydrogen-bond donors (Lipinski definition) is 2. The third-order valence-electron chi connectivity index (χ3n) is 5.37. The molecule has 0 aliphatic carbocycles. The Hall–Kier alpha value is -2.58. The average Bonchev–Trinajstić information content (AvgIpc) is 3.43. The number of esters is 1. The van der Waals surface area contributed by atoms with Gasteiger partial charge in [-0.1, -0.05) is 6.07 Å². The van der Waals surface area contributed by atoms with Crippen molar-refractivity contribution >= 4 is 39.0 Å². The molecule has 1 atom stereocenters. The Kier molecular flexibility index (Phi) is 4.99. The van der Waals surface area contributed by atoms with Gasteiger partial charge in [0.25, 0.3) is 0 Å². The molecule has 4 rings (SSSR count). The SMILES string of the molecule is CCn1cnc2cc(-c3sc(N4CC[C@H](CO)C4)c(C(=O)OC)c3N)ccc21. The Labute approximate surface area is 167 Å². The summed E-state index contributed by atoms with van der Waals surface area (Å²) in [4.78, 5) is 19.9. The van der Waals surface area contributed by atoms with Crippen LogP contribution in [0.25, 0.3) is 21.5 Å². The first-order valence-electron chi connectivity index (χ1n) is 9.39. The quantitative estimate of drug-likeness (QED) is 0.640. The number of hydrogen-bond acceptors (Lipinski definition) is 7. The highest BCUT2D eigenvalue weighted by atomic mass is 32.1. The number of anilines is 2. The zero-order valence-corrected chi connectivity index (χ0v) is 16.8. The third kappa shape index (κ3) is 3.02. The molecule has 0 bridgehead atoms. The van der Waals surface area contributed by atoms with E-state index in [-0.39, 0.29) is 12.5 Å². The molecule has 0 amide bonds. The van der Waals surface area contributed by atoms with Crippen molar-refractivity contribution in [3.8, 4) is 10.4 Å². The Balaban J connectivity index is 1.80. The van der Waals surface area contributed by atoms with E-state index in [1.165, 1.54) is 18.4 Å². The number of fused-ring (bicyclic) bond motifs is 1. The predicted molar refractivity (Wildman–Crippen MR) is 112 cm³/mol. The first-order valence-corrected chi connectivity index (χ1v) is 10.2. The molecule has 0 unspecified atom stereocenters. The lowest BCUT2D eigenvalue weighted by atomic mass is 10.1. The minimum Gasteiger partial charge on any atom is -0.465 e. The summed E-state index contributed by atoms with van der Waals surface area (Å²) in [6.45, 7) is 4.58. The third-order valence-corrected chi connectivity index (χ3v) is 6.69. The number of benzene rings is 1. The molecular weight excluding hydrogens is 376 g/mol. The molecule has 148 valence electrons. The highest BCUT2D eigenvalue weighted by molar-refractivity contribution is 7.20. The van der Waals surface area contributed by atoms with Crippen molar-refractivity contribution in [3.05, 3.63) is 30.1 Å². The van der Waals surface area contributed by atoms with E-state index in [1.807, 2.05) is 24.5 Å². The first kappa shape index (κ1) is 18.8. The van der Waals surface area contributed by atoms with E-state index < -0.39 is 5.97 Å². The Morgan fingerprint density at radius 2 is 2.29 bits per heavy atom. The number of nitrogen functional groups attached to an aromatic ring is 1. The monoisotopic (exact) mass is 400 g/mol. The lowest BCUT2D eigenvalue weighted by molar-refractivity contribution is 0.0603. The van der Waals surface area contributed by atoms with Crippen molar-refractivity contribution in [1.82, 2.24) is 9.55 Å². The molecule has 1 fully saturated rings. The van der Waals surface area contributed by atoms with Crippen molar-refractivity contribution in [2.45, 2.75) is 19.9 Å². The minimum absolute atomic E-state index is 0.147. The molecule has 3 heterocycles. The molecule has 1 saturated heterocycles. The molecule has 0 saturated carbocycles. The molecular formula is C20H24N4O3S. The van der Waals surface area contributed by atoms with Gasteiger partial charge in [-0.2, -0.15) is 0 Å². The van der Waals surface area contributed by atoms with Gasteiger partial charge in [0.2, 0.25) is 0 Å². The lowest BCUT2D eigenvalue weighted by Gasteiger charge is -2.17. The molecule has 0 radical (unpaired) electrons. The molecule has 7 nitrogen and oxygen atoms in total. The fourth-order valence-electron chi connectivity index (χ4n) is 3.79. The van der Waals surface area contributed by atoms with E-state index in [1.54, 1.807) is 0 Å². The zero-order chi connectivity index (χ0) is 19.8. The number of carbonyl (C=O) groups excluding carboxylic acids is 1. The second-order valence-electron chi connectivity index (χ2n) is 7.03. The number of rotatable bonds is 5. The summed E-state index contributed by atoms with van der Waals surface area (Å²) in [6.07, 6.45) is 2.72. The van der Waals surface area contributed by atoms with Crippen LogP contribution in [-0.2, 0) is 11.3 Å². The van der Waals surface area contributed by atoms with Crippen molar-refractivity contribution in [1.29, 1.82) is 0 Å². The van der Waals surface area contributed by atoms with Gasteiger partial charge in [0.1, 0.15) is 10.6 Å². The lowest BCUT2D eigenvalue weighted by Crippen LogP contribution is -2.22. The Bertz CT molecular complexity index is 1030. The molecule has 8 heteroatoms. The van der Waals surface area contributed by atoms with Crippen LogP contribution in [0.4, 0.5) is 10.7 Å². The van der Waals surface area contributed by atoms with Gasteiger partial charge < -0.3 is 25.0 Å². The van der Waals surface area contributed by atoms with Crippen molar-refractivity contribution < 1.29 is 14.6 Å². The predicted octanol–water partition coefficient (Wildman–Crippen LogP) is 2.97.